The van der Waals surface area contributed by atoms with Crippen LogP contribution < -0.4 is 14.8 Å². The third kappa shape index (κ3) is 3.62. The van der Waals surface area contributed by atoms with Gasteiger partial charge >= 0.3 is 0 Å². The summed E-state index contributed by atoms with van der Waals surface area (Å²) in [5.74, 6) is 1.48. The van der Waals surface area contributed by atoms with Crippen molar-refractivity contribution in [3.8, 4) is 22.8 Å². The van der Waals surface area contributed by atoms with Crippen LogP contribution in [0.3, 0.4) is 0 Å². The largest absolute Gasteiger partial charge is 0.497 e. The van der Waals surface area contributed by atoms with Crippen LogP contribution in [0, 0.1) is 6.92 Å². The number of fused-ring (bicyclic) bond motifs is 1. The second-order valence-electron chi connectivity index (χ2n) is 6.47. The molecule has 29 heavy (non-hydrogen) atoms. The highest BCUT2D eigenvalue weighted by Crippen LogP contribution is 2.27. The number of amides is 1. The van der Waals surface area contributed by atoms with E-state index in [9.17, 15) is 4.79 Å². The lowest BCUT2D eigenvalue weighted by molar-refractivity contribution is 0.102. The molecule has 7 nitrogen and oxygen atoms in total. The zero-order valence-corrected chi connectivity index (χ0v) is 16.3. The van der Waals surface area contributed by atoms with Crippen molar-refractivity contribution in [2.45, 2.75) is 6.92 Å². The number of hydrogen-bond acceptors (Lipinski definition) is 5. The number of carbonyl (C=O) groups is 1. The lowest BCUT2D eigenvalue weighted by atomic mass is 10.1. The van der Waals surface area contributed by atoms with E-state index in [0.29, 0.717) is 28.5 Å². The zero-order valence-electron chi connectivity index (χ0n) is 16.3. The molecule has 0 saturated carbocycles. The number of rotatable bonds is 5. The van der Waals surface area contributed by atoms with Crippen LogP contribution >= 0.6 is 0 Å². The Morgan fingerprint density at radius 2 is 1.79 bits per heavy atom. The molecule has 0 spiro atoms. The van der Waals surface area contributed by atoms with E-state index in [1.54, 1.807) is 38.6 Å². The average Bonchev–Trinajstić information content (AvgIpc) is 3.10. The van der Waals surface area contributed by atoms with E-state index in [2.05, 4.69) is 15.3 Å². The summed E-state index contributed by atoms with van der Waals surface area (Å²) < 4.78 is 12.4. The highest BCUT2D eigenvalue weighted by Gasteiger charge is 2.13. The summed E-state index contributed by atoms with van der Waals surface area (Å²) in [4.78, 5) is 21.7. The van der Waals surface area contributed by atoms with Crippen LogP contribution in [-0.4, -0.2) is 34.5 Å². The van der Waals surface area contributed by atoms with Gasteiger partial charge in [-0.25, -0.2) is 9.97 Å². The summed E-state index contributed by atoms with van der Waals surface area (Å²) in [7, 11) is 3.10. The van der Waals surface area contributed by atoms with Crippen LogP contribution in [0.1, 0.15) is 16.1 Å². The SMILES string of the molecule is COc1cc(OC)cc(C(=O)Nc2cccc(-c3nc4ncccn4c3C)c2)c1. The van der Waals surface area contributed by atoms with E-state index in [-0.39, 0.29) is 5.91 Å². The minimum Gasteiger partial charge on any atom is -0.497 e. The Kier molecular flexibility index (Phi) is 4.87. The standard InChI is InChI=1S/C22H20N4O3/c1-14-20(25-22-23-8-5-9-26(14)22)15-6-4-7-17(10-15)24-21(27)16-11-18(28-2)13-19(12-16)29-3/h4-13H,1-3H3,(H,24,27). The predicted molar refractivity (Wildman–Crippen MR) is 111 cm³/mol. The number of methoxy groups -OCH3 is 2. The number of benzene rings is 2. The van der Waals surface area contributed by atoms with Crippen LogP contribution in [-0.2, 0) is 0 Å². The predicted octanol–water partition coefficient (Wildman–Crippen LogP) is 3.97. The molecule has 0 aliphatic carbocycles. The normalized spacial score (nSPS) is 10.7. The Balaban J connectivity index is 1.64. The number of nitrogens with zero attached hydrogens (tertiary/aromatic N) is 3. The first-order chi connectivity index (χ1) is 14.1. The Morgan fingerprint density at radius 1 is 1.03 bits per heavy atom. The van der Waals surface area contributed by atoms with Gasteiger partial charge in [-0.3, -0.25) is 9.20 Å². The van der Waals surface area contributed by atoms with E-state index in [1.807, 2.05) is 47.9 Å². The number of carbonyl (C=O) groups excluding carboxylic acids is 1. The maximum absolute atomic E-state index is 12.8. The Morgan fingerprint density at radius 3 is 2.48 bits per heavy atom. The quantitative estimate of drug-likeness (QED) is 0.560. The summed E-state index contributed by atoms with van der Waals surface area (Å²) in [6.45, 7) is 1.99. The summed E-state index contributed by atoms with van der Waals surface area (Å²) in [6.07, 6.45) is 3.64. The first-order valence-corrected chi connectivity index (χ1v) is 9.03. The van der Waals surface area contributed by atoms with Crippen molar-refractivity contribution < 1.29 is 14.3 Å². The minimum atomic E-state index is -0.257. The van der Waals surface area contributed by atoms with Crippen LogP contribution in [0.25, 0.3) is 17.0 Å². The van der Waals surface area contributed by atoms with E-state index in [1.165, 1.54) is 0 Å². The number of hydrogen-bond donors (Lipinski definition) is 1. The third-order valence-electron chi connectivity index (χ3n) is 4.65. The number of aryl methyl sites for hydroxylation is 1. The molecular formula is C22H20N4O3. The maximum atomic E-state index is 12.8. The van der Waals surface area contributed by atoms with Gasteiger partial charge in [0.1, 0.15) is 11.5 Å². The average molecular weight is 388 g/mol. The van der Waals surface area contributed by atoms with Crippen LogP contribution in [0.5, 0.6) is 11.5 Å². The molecule has 0 unspecified atom stereocenters. The molecule has 0 saturated heterocycles. The van der Waals surface area contributed by atoms with Crippen LogP contribution in [0.4, 0.5) is 5.69 Å². The molecule has 0 bridgehead atoms. The van der Waals surface area contributed by atoms with Gasteiger partial charge in [-0.2, -0.15) is 0 Å². The molecule has 2 heterocycles. The van der Waals surface area contributed by atoms with E-state index in [0.717, 1.165) is 17.0 Å². The lowest BCUT2D eigenvalue weighted by Crippen LogP contribution is -2.12. The highest BCUT2D eigenvalue weighted by molar-refractivity contribution is 6.05. The fraction of sp³-hybridized carbons (Fsp3) is 0.136. The van der Waals surface area contributed by atoms with Crippen LogP contribution in [0.15, 0.2) is 60.9 Å². The van der Waals surface area contributed by atoms with Gasteiger partial charge in [-0.1, -0.05) is 12.1 Å². The third-order valence-corrected chi connectivity index (χ3v) is 4.65. The fourth-order valence-electron chi connectivity index (χ4n) is 3.16. The number of imidazole rings is 1. The Labute approximate surface area is 168 Å². The van der Waals surface area contributed by atoms with Gasteiger partial charge in [0.15, 0.2) is 0 Å². The van der Waals surface area contributed by atoms with Gasteiger partial charge in [0, 0.05) is 41.0 Å². The Hall–Kier alpha value is -3.87. The number of anilines is 1. The first kappa shape index (κ1) is 18.5. The number of aromatic nitrogens is 3. The van der Waals surface area contributed by atoms with E-state index >= 15 is 0 Å². The molecule has 0 aliphatic heterocycles. The van der Waals surface area contributed by atoms with Crippen molar-refractivity contribution in [2.75, 3.05) is 19.5 Å². The summed E-state index contributed by atoms with van der Waals surface area (Å²) in [6, 6.07) is 14.5. The zero-order chi connectivity index (χ0) is 20.4. The molecule has 4 aromatic rings. The topological polar surface area (TPSA) is 77.8 Å². The molecule has 0 fully saturated rings. The smallest absolute Gasteiger partial charge is 0.255 e. The Bertz CT molecular complexity index is 1180. The maximum Gasteiger partial charge on any atom is 0.255 e. The van der Waals surface area contributed by atoms with Crippen molar-refractivity contribution in [2.24, 2.45) is 0 Å². The van der Waals surface area contributed by atoms with E-state index in [4.69, 9.17) is 9.47 Å². The van der Waals surface area contributed by atoms with Gasteiger partial charge in [-0.15, -0.1) is 0 Å². The van der Waals surface area contributed by atoms with Crippen molar-refractivity contribution in [3.63, 3.8) is 0 Å². The van der Waals surface area contributed by atoms with Crippen molar-refractivity contribution in [1.82, 2.24) is 14.4 Å². The van der Waals surface area contributed by atoms with Gasteiger partial charge in [0.05, 0.1) is 19.9 Å². The molecule has 0 radical (unpaired) electrons. The number of nitrogens with one attached hydrogen (secondary N) is 1. The van der Waals surface area contributed by atoms with Gasteiger partial charge in [-0.05, 0) is 37.3 Å². The second kappa shape index (κ2) is 7.63. The molecule has 0 atom stereocenters. The lowest BCUT2D eigenvalue weighted by Gasteiger charge is -2.10. The van der Waals surface area contributed by atoms with Crippen LogP contribution in [0.2, 0.25) is 0 Å². The minimum absolute atomic E-state index is 0.257. The van der Waals surface area contributed by atoms with E-state index < -0.39 is 0 Å². The van der Waals surface area contributed by atoms with Gasteiger partial charge in [0.25, 0.3) is 5.91 Å². The first-order valence-electron chi connectivity index (χ1n) is 9.03. The highest BCUT2D eigenvalue weighted by atomic mass is 16.5. The molecular weight excluding hydrogens is 368 g/mol. The molecule has 146 valence electrons. The summed E-state index contributed by atoms with van der Waals surface area (Å²) in [5.41, 5.74) is 3.81. The second-order valence-corrected chi connectivity index (χ2v) is 6.47. The molecule has 1 N–H and O–H groups in total. The summed E-state index contributed by atoms with van der Waals surface area (Å²) in [5, 5.41) is 2.92. The van der Waals surface area contributed by atoms with Gasteiger partial charge < -0.3 is 14.8 Å². The van der Waals surface area contributed by atoms with Gasteiger partial charge in [0.2, 0.25) is 5.78 Å². The summed E-state index contributed by atoms with van der Waals surface area (Å²) >= 11 is 0. The molecule has 2 aromatic heterocycles. The molecule has 7 heteroatoms. The number of ether oxygens (including phenoxy) is 2. The molecule has 1 amide bonds. The van der Waals surface area contributed by atoms with Crippen molar-refractivity contribution in [1.29, 1.82) is 0 Å². The molecule has 4 rings (SSSR count). The van der Waals surface area contributed by atoms with Crippen molar-refractivity contribution >= 4 is 17.4 Å². The molecule has 2 aromatic carbocycles. The monoisotopic (exact) mass is 388 g/mol. The fourth-order valence-corrected chi connectivity index (χ4v) is 3.16. The molecule has 0 aliphatic rings. The van der Waals surface area contributed by atoms with Crippen molar-refractivity contribution in [3.05, 3.63) is 72.2 Å².